The number of ketones is 2. The van der Waals surface area contributed by atoms with E-state index in [0.717, 1.165) is 28.0 Å². The third-order valence-corrected chi connectivity index (χ3v) is 4.44. The molecule has 1 aliphatic carbocycles. The fraction of sp³-hybridized carbons (Fsp3) is 0.263. The first-order valence-corrected chi connectivity index (χ1v) is 7.29. The number of hydrogen-bond acceptors (Lipinski definition) is 3. The van der Waals surface area contributed by atoms with Crippen molar-refractivity contribution in [2.75, 3.05) is 7.11 Å². The minimum atomic E-state index is -0.744. The largest absolute Gasteiger partial charge is 0.496 e. The summed E-state index contributed by atoms with van der Waals surface area (Å²) in [5.41, 5.74) is 4.67. The Bertz CT molecular complexity index is 768. The first-order chi connectivity index (χ1) is 10.5. The molecule has 0 heterocycles. The summed E-state index contributed by atoms with van der Waals surface area (Å²) in [5.74, 6) is -0.223. The molecule has 0 bridgehead atoms. The van der Waals surface area contributed by atoms with Gasteiger partial charge in [-0.25, -0.2) is 0 Å². The monoisotopic (exact) mass is 294 g/mol. The highest BCUT2D eigenvalue weighted by Gasteiger charge is 2.41. The van der Waals surface area contributed by atoms with Gasteiger partial charge in [-0.3, -0.25) is 9.59 Å². The molecule has 2 aromatic carbocycles. The molecule has 3 rings (SSSR count). The molecule has 0 radical (unpaired) electrons. The summed E-state index contributed by atoms with van der Waals surface area (Å²) < 4.78 is 5.46. The van der Waals surface area contributed by atoms with Crippen molar-refractivity contribution in [3.8, 4) is 5.75 Å². The van der Waals surface area contributed by atoms with E-state index in [4.69, 9.17) is 4.74 Å². The second-order valence-electron chi connectivity index (χ2n) is 5.79. The van der Waals surface area contributed by atoms with E-state index in [0.29, 0.717) is 11.1 Å². The van der Waals surface area contributed by atoms with Gasteiger partial charge in [0.25, 0.3) is 0 Å². The summed E-state index contributed by atoms with van der Waals surface area (Å²) in [7, 11) is 1.61. The van der Waals surface area contributed by atoms with Crippen molar-refractivity contribution in [1.29, 1.82) is 0 Å². The summed E-state index contributed by atoms with van der Waals surface area (Å²) in [4.78, 5) is 25.5. The van der Waals surface area contributed by atoms with Gasteiger partial charge in [-0.15, -0.1) is 0 Å². The molecule has 0 aliphatic heterocycles. The predicted octanol–water partition coefficient (Wildman–Crippen LogP) is 3.78. The van der Waals surface area contributed by atoms with E-state index in [2.05, 4.69) is 0 Å². The van der Waals surface area contributed by atoms with Gasteiger partial charge in [0.2, 0.25) is 0 Å². The van der Waals surface area contributed by atoms with Crippen LogP contribution in [0.3, 0.4) is 0 Å². The summed E-state index contributed by atoms with van der Waals surface area (Å²) in [6.45, 7) is 5.83. The maximum atomic E-state index is 12.7. The van der Waals surface area contributed by atoms with Gasteiger partial charge in [-0.05, 0) is 43.0 Å². The van der Waals surface area contributed by atoms with E-state index in [1.165, 1.54) is 0 Å². The molecule has 112 valence electrons. The van der Waals surface area contributed by atoms with Crippen molar-refractivity contribution in [3.05, 3.63) is 63.7 Å². The van der Waals surface area contributed by atoms with Crippen LogP contribution in [0.15, 0.2) is 30.3 Å². The Hall–Kier alpha value is -2.42. The van der Waals surface area contributed by atoms with Crippen molar-refractivity contribution < 1.29 is 14.3 Å². The summed E-state index contributed by atoms with van der Waals surface area (Å²) in [6.07, 6.45) is 0. The lowest BCUT2D eigenvalue weighted by atomic mass is 9.85. The second kappa shape index (κ2) is 5.09. The van der Waals surface area contributed by atoms with E-state index < -0.39 is 5.92 Å². The molecule has 0 saturated heterocycles. The van der Waals surface area contributed by atoms with Crippen LogP contribution in [0.2, 0.25) is 0 Å². The van der Waals surface area contributed by atoms with E-state index in [1.54, 1.807) is 31.4 Å². The van der Waals surface area contributed by atoms with E-state index >= 15 is 0 Å². The Kier molecular flexibility index (Phi) is 3.36. The molecular formula is C19H18O3. The van der Waals surface area contributed by atoms with Crippen LogP contribution in [0.25, 0.3) is 0 Å². The molecule has 0 saturated carbocycles. The Morgan fingerprint density at radius 1 is 0.909 bits per heavy atom. The number of benzene rings is 2. The van der Waals surface area contributed by atoms with Crippen molar-refractivity contribution in [2.24, 2.45) is 0 Å². The Balaban J connectivity index is 2.22. The van der Waals surface area contributed by atoms with Crippen LogP contribution >= 0.6 is 0 Å². The summed E-state index contributed by atoms with van der Waals surface area (Å²) in [6, 6.07) is 9.02. The molecule has 0 spiro atoms. The lowest BCUT2D eigenvalue weighted by Gasteiger charge is -2.19. The molecule has 1 aliphatic rings. The standard InChI is InChI=1S/C19H18O3/c1-10-9-11(2)19(22-4)12(3)15(10)16-17(20)13-7-5-6-8-14(13)18(16)21/h5-9,16H,1-4H3. The SMILES string of the molecule is COc1c(C)cc(C)c(C2C(=O)c3ccccc3C2=O)c1C. The van der Waals surface area contributed by atoms with Crippen LogP contribution in [0.5, 0.6) is 5.75 Å². The van der Waals surface area contributed by atoms with Crippen LogP contribution in [0.4, 0.5) is 0 Å². The molecule has 3 nitrogen and oxygen atoms in total. The highest BCUT2D eigenvalue weighted by molar-refractivity contribution is 6.30. The molecule has 0 aromatic heterocycles. The van der Waals surface area contributed by atoms with Gasteiger partial charge < -0.3 is 4.74 Å². The third kappa shape index (κ3) is 1.89. The van der Waals surface area contributed by atoms with Crippen molar-refractivity contribution in [2.45, 2.75) is 26.7 Å². The van der Waals surface area contributed by atoms with Gasteiger partial charge in [-0.1, -0.05) is 30.3 Å². The fourth-order valence-corrected chi connectivity index (χ4v) is 3.55. The molecule has 0 unspecified atom stereocenters. The number of methoxy groups -OCH3 is 1. The van der Waals surface area contributed by atoms with Crippen molar-refractivity contribution >= 4 is 11.6 Å². The Labute approximate surface area is 129 Å². The van der Waals surface area contributed by atoms with Gasteiger partial charge in [0, 0.05) is 11.1 Å². The lowest BCUT2D eigenvalue weighted by molar-refractivity contribution is 0.0889. The minimum absolute atomic E-state index is 0.113. The van der Waals surface area contributed by atoms with Crippen LogP contribution in [-0.4, -0.2) is 18.7 Å². The number of aryl methyl sites for hydroxylation is 2. The van der Waals surface area contributed by atoms with E-state index in [1.807, 2.05) is 26.8 Å². The molecule has 2 aromatic rings. The first-order valence-electron chi connectivity index (χ1n) is 7.29. The average molecular weight is 294 g/mol. The number of fused-ring (bicyclic) bond motifs is 1. The molecule has 0 N–H and O–H groups in total. The highest BCUT2D eigenvalue weighted by atomic mass is 16.5. The van der Waals surface area contributed by atoms with Crippen molar-refractivity contribution in [3.63, 3.8) is 0 Å². The second-order valence-corrected chi connectivity index (χ2v) is 5.79. The summed E-state index contributed by atoms with van der Waals surface area (Å²) >= 11 is 0. The number of ether oxygens (including phenoxy) is 1. The normalized spacial score (nSPS) is 14.4. The van der Waals surface area contributed by atoms with Crippen LogP contribution in [-0.2, 0) is 0 Å². The molecule has 22 heavy (non-hydrogen) atoms. The van der Waals surface area contributed by atoms with Crippen LogP contribution in [0.1, 0.15) is 48.9 Å². The van der Waals surface area contributed by atoms with Gasteiger partial charge >= 0.3 is 0 Å². The van der Waals surface area contributed by atoms with Crippen molar-refractivity contribution in [1.82, 2.24) is 0 Å². The number of rotatable bonds is 2. The van der Waals surface area contributed by atoms with Gasteiger partial charge in [0.05, 0.1) is 7.11 Å². The zero-order valence-electron chi connectivity index (χ0n) is 13.2. The number of hydrogen-bond donors (Lipinski definition) is 0. The quantitative estimate of drug-likeness (QED) is 0.792. The predicted molar refractivity (Wildman–Crippen MR) is 85.0 cm³/mol. The van der Waals surface area contributed by atoms with Gasteiger partial charge in [0.15, 0.2) is 11.6 Å². The Morgan fingerprint density at radius 3 is 1.95 bits per heavy atom. The van der Waals surface area contributed by atoms with Gasteiger partial charge in [0.1, 0.15) is 11.7 Å². The van der Waals surface area contributed by atoms with Gasteiger partial charge in [-0.2, -0.15) is 0 Å². The van der Waals surface area contributed by atoms with Crippen LogP contribution < -0.4 is 4.74 Å². The van der Waals surface area contributed by atoms with E-state index in [-0.39, 0.29) is 11.6 Å². The zero-order chi connectivity index (χ0) is 16.0. The lowest BCUT2D eigenvalue weighted by Crippen LogP contribution is -2.16. The molecule has 3 heteroatoms. The number of Topliss-reactive ketones (excluding diaryl/α,β-unsaturated/α-hetero) is 2. The molecule has 0 fully saturated rings. The number of carbonyl (C=O) groups is 2. The molecule has 0 amide bonds. The smallest absolute Gasteiger partial charge is 0.178 e. The van der Waals surface area contributed by atoms with E-state index in [9.17, 15) is 9.59 Å². The zero-order valence-corrected chi connectivity index (χ0v) is 13.2. The van der Waals surface area contributed by atoms with Crippen LogP contribution in [0, 0.1) is 20.8 Å². The first kappa shape index (κ1) is 14.5. The fourth-order valence-electron chi connectivity index (χ4n) is 3.55. The Morgan fingerprint density at radius 2 is 1.45 bits per heavy atom. The maximum absolute atomic E-state index is 12.7. The summed E-state index contributed by atoms with van der Waals surface area (Å²) in [5, 5.41) is 0. The average Bonchev–Trinajstić information content (AvgIpc) is 2.73. The third-order valence-electron chi connectivity index (χ3n) is 4.44. The highest BCUT2D eigenvalue weighted by Crippen LogP contribution is 2.40. The topological polar surface area (TPSA) is 43.4 Å². The minimum Gasteiger partial charge on any atom is -0.496 e. The molecule has 0 atom stereocenters. The number of carbonyl (C=O) groups excluding carboxylic acids is 2. The molecular weight excluding hydrogens is 276 g/mol. The maximum Gasteiger partial charge on any atom is 0.178 e.